The minimum Gasteiger partial charge on any atom is -0.380 e. The van der Waals surface area contributed by atoms with E-state index in [-0.39, 0.29) is 17.5 Å². The molecule has 1 aliphatic rings. The van der Waals surface area contributed by atoms with Crippen LogP contribution in [0.5, 0.6) is 0 Å². The molecule has 1 fully saturated rings. The predicted molar refractivity (Wildman–Crippen MR) is 72.4 cm³/mol. The number of ether oxygens (including phenoxy) is 1. The Hall–Kier alpha value is -0.650. The molecule has 0 aromatic heterocycles. The largest absolute Gasteiger partial charge is 0.380 e. The summed E-state index contributed by atoms with van der Waals surface area (Å²) in [7, 11) is 0. The normalized spacial score (nSPS) is 20.2. The maximum absolute atomic E-state index is 11.9. The van der Waals surface area contributed by atoms with Crippen LogP contribution in [0.1, 0.15) is 33.6 Å². The summed E-state index contributed by atoms with van der Waals surface area (Å²) in [6.45, 7) is 9.85. The van der Waals surface area contributed by atoms with E-state index in [4.69, 9.17) is 10.5 Å². The highest BCUT2D eigenvalue weighted by atomic mass is 16.5. The van der Waals surface area contributed by atoms with E-state index in [0.29, 0.717) is 13.0 Å². The number of carbonyl (C=O) groups is 1. The molecule has 18 heavy (non-hydrogen) atoms. The van der Waals surface area contributed by atoms with Crippen molar-refractivity contribution in [1.29, 1.82) is 0 Å². The number of amides is 1. The van der Waals surface area contributed by atoms with E-state index in [9.17, 15) is 4.79 Å². The summed E-state index contributed by atoms with van der Waals surface area (Å²) in [6, 6.07) is 0.119. The molecule has 0 aromatic rings. The minimum atomic E-state index is -0.182. The van der Waals surface area contributed by atoms with Crippen LogP contribution in [-0.2, 0) is 9.53 Å². The van der Waals surface area contributed by atoms with Gasteiger partial charge in [-0.05, 0) is 27.2 Å². The van der Waals surface area contributed by atoms with Crippen LogP contribution in [0.15, 0.2) is 0 Å². The van der Waals surface area contributed by atoms with Crippen LogP contribution >= 0.6 is 0 Å². The number of carbonyl (C=O) groups excluding carboxylic acids is 1. The highest BCUT2D eigenvalue weighted by Crippen LogP contribution is 2.09. The Morgan fingerprint density at radius 2 is 2.11 bits per heavy atom. The van der Waals surface area contributed by atoms with Crippen molar-refractivity contribution in [1.82, 2.24) is 10.2 Å². The number of nitrogens with two attached hydrogens (primary N) is 1. The number of nitrogens with one attached hydrogen (secondary N) is 1. The summed E-state index contributed by atoms with van der Waals surface area (Å²) in [6.07, 6.45) is 1.48. The lowest BCUT2D eigenvalue weighted by Crippen LogP contribution is -2.48. The van der Waals surface area contributed by atoms with E-state index in [0.717, 1.165) is 32.7 Å². The number of hydrogen-bond donors (Lipinski definition) is 2. The summed E-state index contributed by atoms with van der Waals surface area (Å²) >= 11 is 0. The lowest BCUT2D eigenvalue weighted by molar-refractivity contribution is -0.123. The third kappa shape index (κ3) is 5.80. The van der Waals surface area contributed by atoms with Gasteiger partial charge in [-0.3, -0.25) is 9.69 Å². The summed E-state index contributed by atoms with van der Waals surface area (Å²) in [5, 5.41) is 2.99. The fourth-order valence-electron chi connectivity index (χ4n) is 2.18. The van der Waals surface area contributed by atoms with Crippen molar-refractivity contribution >= 4 is 5.91 Å². The summed E-state index contributed by atoms with van der Waals surface area (Å²) in [5.74, 6) is 0.0723. The molecule has 1 saturated heterocycles. The fraction of sp³-hybridized carbons (Fsp3) is 0.923. The molecule has 1 rings (SSSR count). The first-order valence-electron chi connectivity index (χ1n) is 6.75. The Balaban J connectivity index is 2.47. The van der Waals surface area contributed by atoms with E-state index in [1.54, 1.807) is 0 Å². The maximum Gasteiger partial charge on any atom is 0.222 e. The standard InChI is InChI=1S/C13H27N3O2/c1-13(2,3)15-12(17)9-11(10-14)16-5-4-7-18-8-6-16/h11H,4-10,14H2,1-3H3,(H,15,17). The first kappa shape index (κ1) is 15.4. The van der Waals surface area contributed by atoms with Crippen LogP contribution in [0.3, 0.4) is 0 Å². The molecule has 0 aliphatic carbocycles. The Labute approximate surface area is 110 Å². The van der Waals surface area contributed by atoms with Gasteiger partial charge in [-0.15, -0.1) is 0 Å². The molecule has 0 bridgehead atoms. The first-order chi connectivity index (χ1) is 8.42. The highest BCUT2D eigenvalue weighted by molar-refractivity contribution is 5.77. The molecule has 5 heteroatoms. The zero-order valence-electron chi connectivity index (χ0n) is 11.9. The monoisotopic (exact) mass is 257 g/mol. The van der Waals surface area contributed by atoms with Gasteiger partial charge in [0.15, 0.2) is 0 Å². The molecule has 1 heterocycles. The van der Waals surface area contributed by atoms with Crippen molar-refractivity contribution in [2.45, 2.75) is 45.2 Å². The smallest absolute Gasteiger partial charge is 0.222 e. The van der Waals surface area contributed by atoms with Gasteiger partial charge < -0.3 is 15.8 Å². The quantitative estimate of drug-likeness (QED) is 0.762. The Bertz CT molecular complexity index is 255. The Kier molecular flexibility index (Phi) is 6.05. The Morgan fingerprint density at radius 3 is 2.72 bits per heavy atom. The highest BCUT2D eigenvalue weighted by Gasteiger charge is 2.23. The lowest BCUT2D eigenvalue weighted by atomic mass is 10.1. The second kappa shape index (κ2) is 7.07. The van der Waals surface area contributed by atoms with Crippen LogP contribution in [-0.4, -0.2) is 55.2 Å². The number of rotatable bonds is 4. The van der Waals surface area contributed by atoms with Crippen molar-refractivity contribution in [2.24, 2.45) is 5.73 Å². The molecular weight excluding hydrogens is 230 g/mol. The molecule has 1 atom stereocenters. The van der Waals surface area contributed by atoms with Gasteiger partial charge in [0.05, 0.1) is 6.61 Å². The van der Waals surface area contributed by atoms with Crippen molar-refractivity contribution in [3.05, 3.63) is 0 Å². The zero-order valence-corrected chi connectivity index (χ0v) is 11.9. The average Bonchev–Trinajstić information content (AvgIpc) is 2.51. The molecule has 0 saturated carbocycles. The second-order valence-electron chi connectivity index (χ2n) is 5.89. The SMILES string of the molecule is CC(C)(C)NC(=O)CC(CN)N1CCCOCC1. The maximum atomic E-state index is 11.9. The summed E-state index contributed by atoms with van der Waals surface area (Å²) < 4.78 is 5.42. The second-order valence-corrected chi connectivity index (χ2v) is 5.89. The van der Waals surface area contributed by atoms with Crippen molar-refractivity contribution in [3.8, 4) is 0 Å². The van der Waals surface area contributed by atoms with Gasteiger partial charge in [0, 0.05) is 44.2 Å². The summed E-state index contributed by atoms with van der Waals surface area (Å²) in [5.41, 5.74) is 5.62. The van der Waals surface area contributed by atoms with Crippen molar-refractivity contribution in [2.75, 3.05) is 32.8 Å². The van der Waals surface area contributed by atoms with Gasteiger partial charge in [-0.1, -0.05) is 0 Å². The molecule has 1 aliphatic heterocycles. The molecule has 1 amide bonds. The zero-order chi connectivity index (χ0) is 13.6. The van der Waals surface area contributed by atoms with Crippen LogP contribution in [0, 0.1) is 0 Å². The van der Waals surface area contributed by atoms with Gasteiger partial charge in [0.1, 0.15) is 0 Å². The molecule has 106 valence electrons. The topological polar surface area (TPSA) is 67.6 Å². The predicted octanol–water partition coefficient (Wildman–Crippen LogP) is 0.341. The van der Waals surface area contributed by atoms with Gasteiger partial charge in [-0.2, -0.15) is 0 Å². The number of hydrogen-bond acceptors (Lipinski definition) is 4. The van der Waals surface area contributed by atoms with E-state index in [1.807, 2.05) is 20.8 Å². The van der Waals surface area contributed by atoms with Crippen LogP contribution in [0.4, 0.5) is 0 Å². The number of nitrogens with zero attached hydrogens (tertiary/aromatic N) is 1. The van der Waals surface area contributed by atoms with Crippen LogP contribution < -0.4 is 11.1 Å². The van der Waals surface area contributed by atoms with E-state index >= 15 is 0 Å². The molecule has 5 nitrogen and oxygen atoms in total. The molecule has 1 unspecified atom stereocenters. The van der Waals surface area contributed by atoms with Gasteiger partial charge in [0.2, 0.25) is 5.91 Å². The van der Waals surface area contributed by atoms with Gasteiger partial charge in [0.25, 0.3) is 0 Å². The van der Waals surface area contributed by atoms with Crippen molar-refractivity contribution in [3.63, 3.8) is 0 Å². The summed E-state index contributed by atoms with van der Waals surface area (Å²) in [4.78, 5) is 14.2. The van der Waals surface area contributed by atoms with Crippen molar-refractivity contribution < 1.29 is 9.53 Å². The van der Waals surface area contributed by atoms with Crippen LogP contribution in [0.2, 0.25) is 0 Å². The van der Waals surface area contributed by atoms with Gasteiger partial charge in [-0.25, -0.2) is 0 Å². The molecule has 0 aromatic carbocycles. The molecule has 3 N–H and O–H groups in total. The van der Waals surface area contributed by atoms with E-state index in [2.05, 4.69) is 10.2 Å². The van der Waals surface area contributed by atoms with E-state index in [1.165, 1.54) is 0 Å². The fourth-order valence-corrected chi connectivity index (χ4v) is 2.18. The molecule has 0 radical (unpaired) electrons. The lowest BCUT2D eigenvalue weighted by Gasteiger charge is -2.30. The minimum absolute atomic E-state index is 0.0723. The van der Waals surface area contributed by atoms with Crippen LogP contribution in [0.25, 0.3) is 0 Å². The first-order valence-corrected chi connectivity index (χ1v) is 6.75. The third-order valence-electron chi connectivity index (χ3n) is 2.98. The van der Waals surface area contributed by atoms with Gasteiger partial charge >= 0.3 is 0 Å². The third-order valence-corrected chi connectivity index (χ3v) is 2.98. The Morgan fingerprint density at radius 1 is 1.39 bits per heavy atom. The molecular formula is C13H27N3O2. The molecule has 0 spiro atoms. The average molecular weight is 257 g/mol. The van der Waals surface area contributed by atoms with E-state index < -0.39 is 0 Å².